The average Bonchev–Trinajstić information content (AvgIpc) is 2.97. The molecule has 0 aromatic heterocycles. The van der Waals surface area contributed by atoms with Gasteiger partial charge in [-0.25, -0.2) is 4.79 Å². The number of aryl methyl sites for hydroxylation is 1. The molecule has 8 nitrogen and oxygen atoms in total. The van der Waals surface area contributed by atoms with E-state index in [4.69, 9.17) is 0 Å². The summed E-state index contributed by atoms with van der Waals surface area (Å²) in [5, 5.41) is 8.51. The Labute approximate surface area is 202 Å². The Bertz CT molecular complexity index is 972. The maximum absolute atomic E-state index is 13.2. The topological polar surface area (TPSA) is 108 Å². The molecule has 1 aromatic carbocycles. The Hall–Kier alpha value is -2.90. The standard InChI is InChI=1S/C26H38N4O4/c1-16(2)14-27-22(32)18-7-8-20(17(3)13-18)28-21(31)15-30-23(33)26(29-24(30)34)11-9-19(10-12-26)25(4,5)6/h7-8,13,16,19H,9-12,14-15H2,1-6H3,(H,27,32)(H,28,31)(H,29,34). The van der Waals surface area contributed by atoms with Crippen molar-refractivity contribution in [1.29, 1.82) is 0 Å². The predicted octanol–water partition coefficient (Wildman–Crippen LogP) is 3.85. The van der Waals surface area contributed by atoms with E-state index in [-0.39, 0.29) is 23.8 Å². The third-order valence-corrected chi connectivity index (χ3v) is 7.05. The van der Waals surface area contributed by atoms with E-state index in [2.05, 4.69) is 36.7 Å². The summed E-state index contributed by atoms with van der Waals surface area (Å²) < 4.78 is 0. The molecule has 0 bridgehead atoms. The molecule has 0 unspecified atom stereocenters. The van der Waals surface area contributed by atoms with Crippen LogP contribution in [0.25, 0.3) is 0 Å². The quantitative estimate of drug-likeness (QED) is 0.549. The van der Waals surface area contributed by atoms with Gasteiger partial charge in [0.25, 0.3) is 11.8 Å². The zero-order valence-corrected chi connectivity index (χ0v) is 21.2. The molecule has 34 heavy (non-hydrogen) atoms. The van der Waals surface area contributed by atoms with Gasteiger partial charge in [-0.15, -0.1) is 0 Å². The number of imide groups is 1. The van der Waals surface area contributed by atoms with E-state index in [1.807, 2.05) is 13.8 Å². The van der Waals surface area contributed by atoms with Crippen LogP contribution >= 0.6 is 0 Å². The molecule has 1 aromatic rings. The molecule has 3 N–H and O–H groups in total. The number of nitrogens with zero attached hydrogens (tertiary/aromatic N) is 1. The first-order valence-corrected chi connectivity index (χ1v) is 12.2. The molecule has 186 valence electrons. The Kier molecular flexibility index (Phi) is 7.38. The van der Waals surface area contributed by atoms with Crippen molar-refractivity contribution in [3.05, 3.63) is 29.3 Å². The van der Waals surface area contributed by atoms with Crippen molar-refractivity contribution >= 4 is 29.4 Å². The van der Waals surface area contributed by atoms with Crippen molar-refractivity contribution in [2.24, 2.45) is 17.3 Å². The summed E-state index contributed by atoms with van der Waals surface area (Å²) in [6, 6.07) is 4.51. The molecule has 1 aliphatic heterocycles. The van der Waals surface area contributed by atoms with E-state index in [0.717, 1.165) is 23.3 Å². The zero-order valence-electron chi connectivity index (χ0n) is 21.2. The molecule has 0 radical (unpaired) electrons. The molecular formula is C26H38N4O4. The summed E-state index contributed by atoms with van der Waals surface area (Å²) in [5.41, 5.74) is 1.05. The molecule has 1 heterocycles. The van der Waals surface area contributed by atoms with Gasteiger partial charge in [-0.3, -0.25) is 19.3 Å². The molecule has 1 spiro atoms. The van der Waals surface area contributed by atoms with E-state index in [1.165, 1.54) is 0 Å². The van der Waals surface area contributed by atoms with Crippen molar-refractivity contribution < 1.29 is 19.2 Å². The van der Waals surface area contributed by atoms with Gasteiger partial charge in [0.05, 0.1) is 0 Å². The number of amides is 5. The van der Waals surface area contributed by atoms with Crippen LogP contribution in [0, 0.1) is 24.2 Å². The fourth-order valence-electron chi connectivity index (χ4n) is 4.81. The van der Waals surface area contributed by atoms with Crippen molar-refractivity contribution in [3.8, 4) is 0 Å². The number of carbonyl (C=O) groups excluding carboxylic acids is 4. The number of benzene rings is 1. The van der Waals surface area contributed by atoms with E-state index < -0.39 is 17.5 Å². The maximum atomic E-state index is 13.2. The lowest BCUT2D eigenvalue weighted by Crippen LogP contribution is -2.51. The van der Waals surface area contributed by atoms with Crippen LogP contribution in [0.15, 0.2) is 18.2 Å². The molecule has 2 aliphatic rings. The second-order valence-corrected chi connectivity index (χ2v) is 11.2. The molecule has 0 atom stereocenters. The monoisotopic (exact) mass is 470 g/mol. The van der Waals surface area contributed by atoms with Crippen LogP contribution in [0.4, 0.5) is 10.5 Å². The summed E-state index contributed by atoms with van der Waals surface area (Å²) in [6.07, 6.45) is 2.92. The summed E-state index contributed by atoms with van der Waals surface area (Å²) in [7, 11) is 0. The van der Waals surface area contributed by atoms with Crippen molar-refractivity contribution in [3.63, 3.8) is 0 Å². The molecule has 8 heteroatoms. The Morgan fingerprint density at radius 1 is 1.18 bits per heavy atom. The minimum absolute atomic E-state index is 0.162. The molecule has 1 saturated heterocycles. The molecule has 1 saturated carbocycles. The number of nitrogens with one attached hydrogen (secondary N) is 3. The van der Waals surface area contributed by atoms with Crippen molar-refractivity contribution in [2.75, 3.05) is 18.4 Å². The number of anilines is 1. The summed E-state index contributed by atoms with van der Waals surface area (Å²) in [6.45, 7) is 12.7. The normalized spacial score (nSPS) is 22.8. The van der Waals surface area contributed by atoms with Gasteiger partial charge in [0, 0.05) is 17.8 Å². The van der Waals surface area contributed by atoms with Gasteiger partial charge >= 0.3 is 6.03 Å². The van der Waals surface area contributed by atoms with Gasteiger partial charge < -0.3 is 16.0 Å². The lowest BCUT2D eigenvalue weighted by molar-refractivity contribution is -0.135. The van der Waals surface area contributed by atoms with Gasteiger partial charge in [-0.05, 0) is 73.6 Å². The number of carbonyl (C=O) groups is 4. The van der Waals surface area contributed by atoms with E-state index in [9.17, 15) is 19.2 Å². The van der Waals surface area contributed by atoms with Crippen LogP contribution in [0.5, 0.6) is 0 Å². The van der Waals surface area contributed by atoms with Gasteiger partial charge in [-0.2, -0.15) is 0 Å². The SMILES string of the molecule is Cc1cc(C(=O)NCC(C)C)ccc1NC(=O)CN1C(=O)NC2(CCC(C(C)(C)C)CC2)C1=O. The first kappa shape index (κ1) is 25.7. The largest absolute Gasteiger partial charge is 0.352 e. The van der Waals surface area contributed by atoms with Gasteiger partial charge in [0.1, 0.15) is 12.1 Å². The lowest BCUT2D eigenvalue weighted by Gasteiger charge is -2.40. The molecular weight excluding hydrogens is 432 g/mol. The van der Waals surface area contributed by atoms with Gasteiger partial charge in [-0.1, -0.05) is 34.6 Å². The second kappa shape index (κ2) is 9.76. The molecule has 3 rings (SSSR count). The minimum Gasteiger partial charge on any atom is -0.352 e. The molecule has 2 fully saturated rings. The van der Waals surface area contributed by atoms with Crippen LogP contribution in [-0.2, 0) is 9.59 Å². The highest BCUT2D eigenvalue weighted by molar-refractivity contribution is 6.10. The third-order valence-electron chi connectivity index (χ3n) is 7.05. The third kappa shape index (κ3) is 5.59. The van der Waals surface area contributed by atoms with E-state index in [1.54, 1.807) is 25.1 Å². The maximum Gasteiger partial charge on any atom is 0.325 e. The Morgan fingerprint density at radius 2 is 1.82 bits per heavy atom. The summed E-state index contributed by atoms with van der Waals surface area (Å²) in [5.74, 6) is -0.0845. The fraction of sp³-hybridized carbons (Fsp3) is 0.615. The smallest absolute Gasteiger partial charge is 0.325 e. The fourth-order valence-corrected chi connectivity index (χ4v) is 4.81. The number of hydrogen-bond acceptors (Lipinski definition) is 4. The Morgan fingerprint density at radius 3 is 2.38 bits per heavy atom. The number of hydrogen-bond donors (Lipinski definition) is 3. The molecule has 1 aliphatic carbocycles. The highest BCUT2D eigenvalue weighted by atomic mass is 16.2. The minimum atomic E-state index is -0.889. The van der Waals surface area contributed by atoms with Crippen LogP contribution in [-0.4, -0.2) is 47.3 Å². The highest BCUT2D eigenvalue weighted by Crippen LogP contribution is 2.43. The second-order valence-electron chi connectivity index (χ2n) is 11.2. The molecule has 5 amide bonds. The van der Waals surface area contributed by atoms with Crippen LogP contribution in [0.1, 0.15) is 76.2 Å². The van der Waals surface area contributed by atoms with Crippen molar-refractivity contribution in [1.82, 2.24) is 15.5 Å². The van der Waals surface area contributed by atoms with Gasteiger partial charge in [0.15, 0.2) is 0 Å². The van der Waals surface area contributed by atoms with Crippen molar-refractivity contribution in [2.45, 2.75) is 72.8 Å². The van der Waals surface area contributed by atoms with Crippen LogP contribution in [0.2, 0.25) is 0 Å². The first-order chi connectivity index (χ1) is 15.8. The average molecular weight is 471 g/mol. The highest BCUT2D eigenvalue weighted by Gasteiger charge is 2.53. The zero-order chi connectivity index (χ0) is 25.3. The summed E-state index contributed by atoms with van der Waals surface area (Å²) in [4.78, 5) is 51.7. The van der Waals surface area contributed by atoms with E-state index >= 15 is 0 Å². The predicted molar refractivity (Wildman–Crippen MR) is 131 cm³/mol. The first-order valence-electron chi connectivity index (χ1n) is 12.2. The van der Waals surface area contributed by atoms with Crippen LogP contribution in [0.3, 0.4) is 0 Å². The number of urea groups is 1. The van der Waals surface area contributed by atoms with Gasteiger partial charge in [0.2, 0.25) is 5.91 Å². The van der Waals surface area contributed by atoms with E-state index in [0.29, 0.717) is 42.5 Å². The summed E-state index contributed by atoms with van der Waals surface area (Å²) >= 11 is 0. The van der Waals surface area contributed by atoms with Crippen LogP contribution < -0.4 is 16.0 Å². The number of rotatable bonds is 6. The Balaban J connectivity index is 1.60. The lowest BCUT2D eigenvalue weighted by atomic mass is 9.67.